The first-order chi connectivity index (χ1) is 10.7. The molecule has 0 saturated carbocycles. The number of methoxy groups -OCH3 is 1. The van der Waals surface area contributed by atoms with Gasteiger partial charge in [0, 0.05) is 26.4 Å². The predicted molar refractivity (Wildman–Crippen MR) is 86.2 cm³/mol. The van der Waals surface area contributed by atoms with Gasteiger partial charge in [-0.1, -0.05) is 6.07 Å². The Morgan fingerprint density at radius 1 is 1.48 bits per heavy atom. The van der Waals surface area contributed by atoms with Crippen LogP contribution in [0, 0.1) is 0 Å². The van der Waals surface area contributed by atoms with Gasteiger partial charge in [-0.2, -0.15) is 0 Å². The van der Waals surface area contributed by atoms with Crippen LogP contribution < -0.4 is 9.62 Å². The quantitative estimate of drug-likeness (QED) is 0.762. The Morgan fingerprint density at radius 3 is 2.78 bits per heavy atom. The molecule has 1 aromatic rings. The van der Waals surface area contributed by atoms with Crippen molar-refractivity contribution >= 4 is 21.7 Å². The van der Waals surface area contributed by atoms with Crippen LogP contribution in [0.1, 0.15) is 18.9 Å². The maximum Gasteiger partial charge on any atom is 0.305 e. The molecule has 1 aliphatic heterocycles. The molecule has 128 valence electrons. The normalized spacial score (nSPS) is 16.9. The molecule has 0 fully saturated rings. The summed E-state index contributed by atoms with van der Waals surface area (Å²) >= 11 is 0. The highest BCUT2D eigenvalue weighted by atomic mass is 32.2. The molecular formula is C15H22N2O5S. The highest BCUT2D eigenvalue weighted by Gasteiger charge is 2.28. The summed E-state index contributed by atoms with van der Waals surface area (Å²) in [6, 6.07) is 4.14. The zero-order valence-electron chi connectivity index (χ0n) is 13.4. The van der Waals surface area contributed by atoms with Crippen molar-refractivity contribution in [3.05, 3.63) is 23.8 Å². The Kier molecular flexibility index (Phi) is 5.28. The van der Waals surface area contributed by atoms with Gasteiger partial charge in [0.1, 0.15) is 0 Å². The lowest BCUT2D eigenvalue weighted by Crippen LogP contribution is -2.44. The van der Waals surface area contributed by atoms with Gasteiger partial charge in [-0.3, -0.25) is 4.79 Å². The summed E-state index contributed by atoms with van der Waals surface area (Å²) in [4.78, 5) is 13.1. The fourth-order valence-electron chi connectivity index (χ4n) is 2.61. The van der Waals surface area contributed by atoms with Crippen LogP contribution in [0.5, 0.6) is 0 Å². The van der Waals surface area contributed by atoms with E-state index >= 15 is 0 Å². The van der Waals surface area contributed by atoms with E-state index in [4.69, 9.17) is 9.84 Å². The molecule has 0 aliphatic carbocycles. The number of carbonyl (C=O) groups is 1. The summed E-state index contributed by atoms with van der Waals surface area (Å²) in [6.07, 6.45) is -0.0148. The van der Waals surface area contributed by atoms with Crippen LogP contribution in [-0.4, -0.2) is 52.3 Å². The number of fused-ring (bicyclic) bond motifs is 1. The number of anilines is 1. The van der Waals surface area contributed by atoms with E-state index in [1.807, 2.05) is 11.9 Å². The number of rotatable bonds is 7. The number of carboxylic acid groups (broad SMARTS) is 1. The summed E-state index contributed by atoms with van der Waals surface area (Å²) in [5, 5.41) is 8.96. The van der Waals surface area contributed by atoms with Crippen molar-refractivity contribution < 1.29 is 23.1 Å². The van der Waals surface area contributed by atoms with E-state index in [0.717, 1.165) is 24.2 Å². The van der Waals surface area contributed by atoms with E-state index in [2.05, 4.69) is 4.72 Å². The Labute approximate surface area is 136 Å². The van der Waals surface area contributed by atoms with Crippen LogP contribution in [0.3, 0.4) is 0 Å². The van der Waals surface area contributed by atoms with Crippen LogP contribution in [0.15, 0.2) is 23.1 Å². The molecular weight excluding hydrogens is 320 g/mol. The van der Waals surface area contributed by atoms with E-state index in [9.17, 15) is 13.2 Å². The average Bonchev–Trinajstić information content (AvgIpc) is 2.86. The van der Waals surface area contributed by atoms with Crippen molar-refractivity contribution in [2.24, 2.45) is 0 Å². The summed E-state index contributed by atoms with van der Waals surface area (Å²) in [7, 11) is -0.498. The average molecular weight is 342 g/mol. The molecule has 1 aliphatic rings. The molecule has 0 amide bonds. The van der Waals surface area contributed by atoms with E-state index in [1.165, 1.54) is 7.11 Å². The largest absolute Gasteiger partial charge is 0.481 e. The Hall–Kier alpha value is -1.64. The van der Waals surface area contributed by atoms with Gasteiger partial charge in [-0.15, -0.1) is 0 Å². The number of benzene rings is 1. The zero-order chi connectivity index (χ0) is 17.2. The molecule has 0 spiro atoms. The van der Waals surface area contributed by atoms with Crippen molar-refractivity contribution in [2.75, 3.05) is 25.6 Å². The predicted octanol–water partition coefficient (Wildman–Crippen LogP) is 0.835. The SMILES string of the molecule is CO[C@H](C)[C@@H](CC(=O)O)NS(=O)(=O)c1ccc2c(c1)N(C)CC2. The van der Waals surface area contributed by atoms with Gasteiger partial charge in [-0.05, 0) is 31.0 Å². The molecule has 2 N–H and O–H groups in total. The van der Waals surface area contributed by atoms with E-state index in [1.54, 1.807) is 25.1 Å². The second kappa shape index (κ2) is 6.86. The number of ether oxygens (including phenoxy) is 1. The number of carboxylic acids is 1. The molecule has 0 radical (unpaired) electrons. The molecule has 2 atom stereocenters. The lowest BCUT2D eigenvalue weighted by atomic mass is 10.1. The van der Waals surface area contributed by atoms with E-state index in [0.29, 0.717) is 0 Å². The minimum Gasteiger partial charge on any atom is -0.481 e. The fourth-order valence-corrected chi connectivity index (χ4v) is 3.93. The number of nitrogens with zero attached hydrogens (tertiary/aromatic N) is 1. The summed E-state index contributed by atoms with van der Waals surface area (Å²) in [5.41, 5.74) is 2.00. The minimum atomic E-state index is -3.83. The molecule has 8 heteroatoms. The first-order valence-corrected chi connectivity index (χ1v) is 8.84. The minimum absolute atomic E-state index is 0.128. The van der Waals surface area contributed by atoms with Gasteiger partial charge in [0.2, 0.25) is 10.0 Å². The molecule has 0 unspecified atom stereocenters. The number of hydrogen-bond acceptors (Lipinski definition) is 5. The molecule has 0 saturated heterocycles. The molecule has 7 nitrogen and oxygen atoms in total. The van der Waals surface area contributed by atoms with Crippen molar-refractivity contribution in [1.29, 1.82) is 0 Å². The van der Waals surface area contributed by atoms with E-state index in [-0.39, 0.29) is 11.3 Å². The molecule has 1 aromatic carbocycles. The lowest BCUT2D eigenvalue weighted by Gasteiger charge is -2.23. The second-order valence-electron chi connectivity index (χ2n) is 5.73. The molecule has 0 aromatic heterocycles. The maximum absolute atomic E-state index is 12.6. The van der Waals surface area contributed by atoms with Crippen molar-refractivity contribution in [3.8, 4) is 0 Å². The number of nitrogens with one attached hydrogen (secondary N) is 1. The fraction of sp³-hybridized carbons (Fsp3) is 0.533. The lowest BCUT2D eigenvalue weighted by molar-refractivity contribution is -0.138. The number of sulfonamides is 1. The molecule has 1 heterocycles. The number of hydrogen-bond donors (Lipinski definition) is 2. The van der Waals surface area contributed by atoms with Crippen LogP contribution in [-0.2, 0) is 26.0 Å². The van der Waals surface area contributed by atoms with Gasteiger partial charge in [0.15, 0.2) is 0 Å². The monoisotopic (exact) mass is 342 g/mol. The van der Waals surface area contributed by atoms with Crippen LogP contribution in [0.2, 0.25) is 0 Å². The van der Waals surface area contributed by atoms with Crippen molar-refractivity contribution in [2.45, 2.75) is 36.8 Å². The van der Waals surface area contributed by atoms with Gasteiger partial charge in [-0.25, -0.2) is 13.1 Å². The number of likely N-dealkylation sites (N-methyl/N-ethyl adjacent to an activating group) is 1. The molecule has 0 bridgehead atoms. The standard InChI is InChI=1S/C15H22N2O5S/c1-10(22-3)13(9-15(18)19)16-23(20,21)12-5-4-11-6-7-17(2)14(11)8-12/h4-5,8,10,13,16H,6-7,9H2,1-3H3,(H,18,19)/t10-,13-/m1/s1. The highest BCUT2D eigenvalue weighted by Crippen LogP contribution is 2.29. The summed E-state index contributed by atoms with van der Waals surface area (Å²) < 4.78 is 32.7. The molecule has 2 rings (SSSR count). The van der Waals surface area contributed by atoms with Gasteiger partial charge < -0.3 is 14.7 Å². The summed E-state index contributed by atoms with van der Waals surface area (Å²) in [6.45, 7) is 2.49. The Balaban J connectivity index is 2.27. The molecule has 23 heavy (non-hydrogen) atoms. The maximum atomic E-state index is 12.6. The smallest absolute Gasteiger partial charge is 0.305 e. The topological polar surface area (TPSA) is 95.9 Å². The third-order valence-electron chi connectivity index (χ3n) is 4.13. The second-order valence-corrected chi connectivity index (χ2v) is 7.44. The Morgan fingerprint density at radius 2 is 2.17 bits per heavy atom. The van der Waals surface area contributed by atoms with Crippen LogP contribution >= 0.6 is 0 Å². The van der Waals surface area contributed by atoms with Gasteiger partial charge in [0.05, 0.1) is 23.5 Å². The van der Waals surface area contributed by atoms with E-state index < -0.39 is 28.1 Å². The van der Waals surface area contributed by atoms with Gasteiger partial charge >= 0.3 is 5.97 Å². The van der Waals surface area contributed by atoms with Crippen molar-refractivity contribution in [3.63, 3.8) is 0 Å². The van der Waals surface area contributed by atoms with Crippen LogP contribution in [0.25, 0.3) is 0 Å². The third-order valence-corrected chi connectivity index (χ3v) is 5.62. The van der Waals surface area contributed by atoms with Crippen LogP contribution in [0.4, 0.5) is 5.69 Å². The third kappa shape index (κ3) is 4.01. The number of aliphatic carboxylic acids is 1. The zero-order valence-corrected chi connectivity index (χ0v) is 14.3. The van der Waals surface area contributed by atoms with Gasteiger partial charge in [0.25, 0.3) is 0 Å². The summed E-state index contributed by atoms with van der Waals surface area (Å²) in [5.74, 6) is -1.09. The Bertz CT molecular complexity index is 689. The highest BCUT2D eigenvalue weighted by molar-refractivity contribution is 7.89. The first kappa shape index (κ1) is 17.7. The van der Waals surface area contributed by atoms with Crippen molar-refractivity contribution in [1.82, 2.24) is 4.72 Å². The first-order valence-electron chi connectivity index (χ1n) is 7.35.